The van der Waals surface area contributed by atoms with E-state index in [1.54, 1.807) is 38.1 Å². The van der Waals surface area contributed by atoms with E-state index in [0.717, 1.165) is 11.8 Å². The molecule has 30 heavy (non-hydrogen) atoms. The summed E-state index contributed by atoms with van der Waals surface area (Å²) >= 11 is 7.23. The van der Waals surface area contributed by atoms with Gasteiger partial charge in [0.05, 0.1) is 28.8 Å². The number of phenols is 1. The number of hydrogen-bond donors (Lipinski definition) is 2. The van der Waals surface area contributed by atoms with Crippen LogP contribution in [0.2, 0.25) is 5.02 Å². The molecule has 1 aliphatic rings. The molecular weight excluding hydrogens is 426 g/mol. The Bertz CT molecular complexity index is 1050. The average molecular weight is 446 g/mol. The zero-order chi connectivity index (χ0) is 21.7. The van der Waals surface area contributed by atoms with Crippen molar-refractivity contribution >= 4 is 46.1 Å². The number of aliphatic hydroxyl groups excluding tert-OH is 1. The normalized spacial score (nSPS) is 16.4. The molecule has 2 N–H and O–H groups in total. The zero-order valence-corrected chi connectivity index (χ0v) is 18.0. The maximum Gasteiger partial charge on any atom is 0.344 e. The standard InChI is InChI=1S/C22H20ClNO5S/c1-3-28-16-11-13(10-15(23)19(16)25)12-17-20(26)18(22(27)29-4-2)21(30-17)24-14-8-6-5-7-9-14/h5-12,25-26H,3-4H2,1-2H3. The maximum atomic E-state index is 12.5. The summed E-state index contributed by atoms with van der Waals surface area (Å²) < 4.78 is 10.5. The van der Waals surface area contributed by atoms with Crippen LogP contribution in [-0.4, -0.2) is 34.4 Å². The molecule has 0 amide bonds. The summed E-state index contributed by atoms with van der Waals surface area (Å²) in [7, 11) is 0. The minimum absolute atomic E-state index is 0.00635. The summed E-state index contributed by atoms with van der Waals surface area (Å²) in [5.74, 6) is -0.806. The minimum Gasteiger partial charge on any atom is -0.506 e. The molecule has 8 heteroatoms. The smallest absolute Gasteiger partial charge is 0.344 e. The molecular formula is C22H20ClNO5S. The third-order valence-corrected chi connectivity index (χ3v) is 5.31. The van der Waals surface area contributed by atoms with Crippen LogP contribution in [-0.2, 0) is 9.53 Å². The number of aromatic hydroxyl groups is 1. The van der Waals surface area contributed by atoms with Crippen LogP contribution in [0.25, 0.3) is 6.08 Å². The van der Waals surface area contributed by atoms with E-state index in [1.165, 1.54) is 6.07 Å². The monoisotopic (exact) mass is 445 g/mol. The number of esters is 1. The molecule has 3 rings (SSSR count). The second-order valence-corrected chi connectivity index (χ2v) is 7.53. The number of phenolic OH excluding ortho intramolecular Hbond substituents is 1. The van der Waals surface area contributed by atoms with Crippen molar-refractivity contribution in [2.24, 2.45) is 4.99 Å². The van der Waals surface area contributed by atoms with Gasteiger partial charge in [-0.2, -0.15) is 0 Å². The Hall–Kier alpha value is -2.90. The highest BCUT2D eigenvalue weighted by Crippen LogP contribution is 2.42. The van der Waals surface area contributed by atoms with Crippen molar-refractivity contribution in [1.82, 2.24) is 0 Å². The SMILES string of the molecule is CCOC(=O)C1=C(O)C(=Cc2cc(Cl)c(O)c(OCC)c2)SC1=Nc1ccccc1. The van der Waals surface area contributed by atoms with Crippen molar-refractivity contribution in [2.45, 2.75) is 13.8 Å². The fourth-order valence-electron chi connectivity index (χ4n) is 2.71. The summed E-state index contributed by atoms with van der Waals surface area (Å²) in [5.41, 5.74) is 1.23. The van der Waals surface area contributed by atoms with Gasteiger partial charge in [0.2, 0.25) is 0 Å². The first-order chi connectivity index (χ1) is 14.4. The van der Waals surface area contributed by atoms with E-state index in [4.69, 9.17) is 21.1 Å². The number of aliphatic imine (C=N–C) groups is 1. The van der Waals surface area contributed by atoms with Crippen LogP contribution in [0.1, 0.15) is 19.4 Å². The molecule has 0 spiro atoms. The van der Waals surface area contributed by atoms with Crippen LogP contribution in [0.15, 0.2) is 63.7 Å². The molecule has 0 radical (unpaired) electrons. The van der Waals surface area contributed by atoms with Crippen LogP contribution in [0.4, 0.5) is 5.69 Å². The number of carbonyl (C=O) groups is 1. The highest BCUT2D eigenvalue weighted by atomic mass is 35.5. The lowest BCUT2D eigenvalue weighted by Gasteiger charge is -2.09. The molecule has 156 valence electrons. The summed E-state index contributed by atoms with van der Waals surface area (Å²) in [6.45, 7) is 4.00. The van der Waals surface area contributed by atoms with Crippen LogP contribution in [0.3, 0.4) is 0 Å². The summed E-state index contributed by atoms with van der Waals surface area (Å²) in [6, 6.07) is 12.2. The number of halogens is 1. The van der Waals surface area contributed by atoms with Crippen LogP contribution in [0, 0.1) is 0 Å². The molecule has 0 unspecified atom stereocenters. The van der Waals surface area contributed by atoms with Gasteiger partial charge in [0.25, 0.3) is 0 Å². The van der Waals surface area contributed by atoms with Gasteiger partial charge in [-0.05, 0) is 49.8 Å². The van der Waals surface area contributed by atoms with Gasteiger partial charge in [0.1, 0.15) is 16.4 Å². The Morgan fingerprint density at radius 2 is 1.90 bits per heavy atom. The first-order valence-electron chi connectivity index (χ1n) is 9.24. The molecule has 0 aromatic heterocycles. The summed E-state index contributed by atoms with van der Waals surface area (Å²) in [4.78, 5) is 17.3. The second kappa shape index (κ2) is 9.73. The first-order valence-corrected chi connectivity index (χ1v) is 10.4. The fraction of sp³-hybridized carbons (Fsp3) is 0.182. The summed E-state index contributed by atoms with van der Waals surface area (Å²) in [6.07, 6.45) is 1.64. The Morgan fingerprint density at radius 3 is 2.57 bits per heavy atom. The molecule has 0 atom stereocenters. The number of para-hydroxylation sites is 1. The Labute approximate surface area is 183 Å². The molecule has 6 nitrogen and oxygen atoms in total. The number of hydrogen-bond acceptors (Lipinski definition) is 7. The van der Waals surface area contributed by atoms with Crippen LogP contribution < -0.4 is 4.74 Å². The molecule has 0 aliphatic carbocycles. The predicted molar refractivity (Wildman–Crippen MR) is 120 cm³/mol. The number of aliphatic hydroxyl groups is 1. The van der Waals surface area contributed by atoms with Crippen molar-refractivity contribution in [3.63, 3.8) is 0 Å². The fourth-order valence-corrected chi connectivity index (χ4v) is 3.96. The van der Waals surface area contributed by atoms with E-state index >= 15 is 0 Å². The van der Waals surface area contributed by atoms with Gasteiger partial charge in [-0.25, -0.2) is 9.79 Å². The zero-order valence-electron chi connectivity index (χ0n) is 16.4. The molecule has 2 aromatic carbocycles. The van der Waals surface area contributed by atoms with E-state index < -0.39 is 5.97 Å². The lowest BCUT2D eigenvalue weighted by atomic mass is 10.1. The largest absolute Gasteiger partial charge is 0.506 e. The maximum absolute atomic E-state index is 12.5. The van der Waals surface area contributed by atoms with Gasteiger partial charge in [-0.3, -0.25) is 0 Å². The van der Waals surface area contributed by atoms with Gasteiger partial charge >= 0.3 is 5.97 Å². The molecule has 0 fully saturated rings. The second-order valence-electron chi connectivity index (χ2n) is 6.09. The van der Waals surface area contributed by atoms with E-state index in [0.29, 0.717) is 27.8 Å². The Morgan fingerprint density at radius 1 is 1.17 bits per heavy atom. The predicted octanol–water partition coefficient (Wildman–Crippen LogP) is 5.64. The molecule has 1 heterocycles. The third kappa shape index (κ3) is 4.80. The van der Waals surface area contributed by atoms with Gasteiger partial charge < -0.3 is 19.7 Å². The number of ether oxygens (including phenoxy) is 2. The quantitative estimate of drug-likeness (QED) is 0.559. The van der Waals surface area contributed by atoms with Crippen molar-refractivity contribution < 1.29 is 24.5 Å². The van der Waals surface area contributed by atoms with Gasteiger partial charge in [0.15, 0.2) is 11.5 Å². The summed E-state index contributed by atoms with van der Waals surface area (Å²) in [5, 5.41) is 21.2. The van der Waals surface area contributed by atoms with Gasteiger partial charge in [-0.1, -0.05) is 41.6 Å². The number of carbonyl (C=O) groups excluding carboxylic acids is 1. The first kappa shape index (κ1) is 21.8. The molecule has 0 bridgehead atoms. The van der Waals surface area contributed by atoms with E-state index in [-0.39, 0.29) is 34.5 Å². The number of benzene rings is 2. The topological polar surface area (TPSA) is 88.4 Å². The van der Waals surface area contributed by atoms with Crippen molar-refractivity contribution in [2.75, 3.05) is 13.2 Å². The van der Waals surface area contributed by atoms with Gasteiger partial charge in [-0.15, -0.1) is 0 Å². The lowest BCUT2D eigenvalue weighted by molar-refractivity contribution is -0.138. The molecule has 2 aromatic rings. The van der Waals surface area contributed by atoms with E-state index in [9.17, 15) is 15.0 Å². The van der Waals surface area contributed by atoms with Crippen molar-refractivity contribution in [1.29, 1.82) is 0 Å². The number of rotatable bonds is 6. The van der Waals surface area contributed by atoms with Crippen molar-refractivity contribution in [3.05, 3.63) is 69.3 Å². The minimum atomic E-state index is -0.653. The molecule has 0 saturated heterocycles. The average Bonchev–Trinajstić information content (AvgIpc) is 3.01. The Kier molecular flexibility index (Phi) is 7.07. The van der Waals surface area contributed by atoms with Gasteiger partial charge in [0, 0.05) is 0 Å². The lowest BCUT2D eigenvalue weighted by Crippen LogP contribution is -2.12. The van der Waals surface area contributed by atoms with E-state index in [2.05, 4.69) is 4.99 Å². The highest BCUT2D eigenvalue weighted by Gasteiger charge is 2.33. The van der Waals surface area contributed by atoms with E-state index in [1.807, 2.05) is 18.2 Å². The third-order valence-electron chi connectivity index (χ3n) is 4.01. The van der Waals surface area contributed by atoms with Crippen molar-refractivity contribution in [3.8, 4) is 11.5 Å². The number of nitrogens with zero attached hydrogens (tertiary/aromatic N) is 1. The Balaban J connectivity index is 2.06. The van der Waals surface area contributed by atoms with Crippen LogP contribution in [0.5, 0.6) is 11.5 Å². The number of thioether (sulfide) groups is 1. The molecule has 0 saturated carbocycles. The van der Waals surface area contributed by atoms with Crippen LogP contribution >= 0.6 is 23.4 Å². The highest BCUT2D eigenvalue weighted by molar-refractivity contribution is 8.18. The molecule has 1 aliphatic heterocycles.